The van der Waals surface area contributed by atoms with E-state index in [1.807, 2.05) is 13.8 Å². The van der Waals surface area contributed by atoms with E-state index in [4.69, 9.17) is 9.31 Å². The van der Waals surface area contributed by atoms with Crippen molar-refractivity contribution in [3.8, 4) is 33.4 Å². The molecule has 0 atom stereocenters. The van der Waals surface area contributed by atoms with E-state index >= 15 is 0 Å². The third-order valence-corrected chi connectivity index (χ3v) is 6.89. The molecular formula is C32H35BO2. The molecule has 35 heavy (non-hydrogen) atoms. The highest BCUT2D eigenvalue weighted by atomic mass is 16.7. The molecule has 178 valence electrons. The van der Waals surface area contributed by atoms with Crippen LogP contribution in [0.2, 0.25) is 0 Å². The molecule has 0 spiro atoms. The molecule has 1 aliphatic rings. The first-order valence-electron chi connectivity index (χ1n) is 12.5. The molecule has 4 aromatic carbocycles. The van der Waals surface area contributed by atoms with Gasteiger partial charge in [-0.05, 0) is 84.7 Å². The van der Waals surface area contributed by atoms with Gasteiger partial charge in [0, 0.05) is 0 Å². The van der Waals surface area contributed by atoms with Gasteiger partial charge in [-0.2, -0.15) is 0 Å². The van der Waals surface area contributed by atoms with Crippen molar-refractivity contribution in [1.82, 2.24) is 0 Å². The first-order chi connectivity index (χ1) is 16.8. The molecule has 1 aliphatic heterocycles. The Labute approximate surface area is 211 Å². The minimum atomic E-state index is -0.374. The summed E-state index contributed by atoms with van der Waals surface area (Å²) in [6, 6.07) is 36.4. The van der Waals surface area contributed by atoms with E-state index in [0.29, 0.717) is 0 Å². The average molecular weight is 462 g/mol. The van der Waals surface area contributed by atoms with Gasteiger partial charge in [0.1, 0.15) is 0 Å². The van der Waals surface area contributed by atoms with Gasteiger partial charge in [-0.25, -0.2) is 0 Å². The Balaban J connectivity index is 0.00000141. The van der Waals surface area contributed by atoms with Crippen LogP contribution >= 0.6 is 0 Å². The fourth-order valence-electron chi connectivity index (χ4n) is 4.23. The lowest BCUT2D eigenvalue weighted by molar-refractivity contribution is 0.00578. The summed E-state index contributed by atoms with van der Waals surface area (Å²) in [5, 5.41) is 0. The molecule has 0 unspecified atom stereocenters. The van der Waals surface area contributed by atoms with Crippen LogP contribution in [-0.4, -0.2) is 18.3 Å². The number of hydrogen-bond donors (Lipinski definition) is 0. The molecule has 1 heterocycles. The van der Waals surface area contributed by atoms with E-state index in [1.165, 1.54) is 27.8 Å². The second-order valence-electron chi connectivity index (χ2n) is 9.74. The normalized spacial score (nSPS) is 15.9. The highest BCUT2D eigenvalue weighted by molar-refractivity contribution is 6.62. The van der Waals surface area contributed by atoms with Crippen molar-refractivity contribution in [2.45, 2.75) is 52.7 Å². The van der Waals surface area contributed by atoms with E-state index in [1.54, 1.807) is 0 Å². The van der Waals surface area contributed by atoms with Crippen LogP contribution in [0.15, 0.2) is 103 Å². The third-order valence-electron chi connectivity index (χ3n) is 6.89. The van der Waals surface area contributed by atoms with Gasteiger partial charge in [-0.1, -0.05) is 98.8 Å². The molecule has 0 amide bonds. The first kappa shape index (κ1) is 25.0. The fraction of sp³-hybridized carbons (Fsp3) is 0.250. The lowest BCUT2D eigenvalue weighted by Crippen LogP contribution is -2.41. The molecule has 0 aliphatic carbocycles. The Kier molecular flexibility index (Phi) is 7.30. The molecule has 1 fully saturated rings. The summed E-state index contributed by atoms with van der Waals surface area (Å²) in [7, 11) is -0.374. The topological polar surface area (TPSA) is 18.5 Å². The largest absolute Gasteiger partial charge is 0.494 e. The number of benzene rings is 4. The molecular weight excluding hydrogens is 427 g/mol. The summed E-state index contributed by atoms with van der Waals surface area (Å²) in [6.07, 6.45) is 0. The Bertz CT molecular complexity index is 1190. The van der Waals surface area contributed by atoms with Gasteiger partial charge >= 0.3 is 7.12 Å². The van der Waals surface area contributed by atoms with Gasteiger partial charge in [0.2, 0.25) is 0 Å². The zero-order chi connectivity index (χ0) is 25.1. The van der Waals surface area contributed by atoms with E-state index in [9.17, 15) is 0 Å². The van der Waals surface area contributed by atoms with Crippen LogP contribution in [0.25, 0.3) is 33.4 Å². The third kappa shape index (κ3) is 5.27. The van der Waals surface area contributed by atoms with Crippen molar-refractivity contribution >= 4 is 12.6 Å². The van der Waals surface area contributed by atoms with E-state index < -0.39 is 0 Å². The number of rotatable bonds is 4. The average Bonchev–Trinajstić information content (AvgIpc) is 3.12. The van der Waals surface area contributed by atoms with Gasteiger partial charge in [-0.15, -0.1) is 0 Å². The molecule has 5 rings (SSSR count). The maximum absolute atomic E-state index is 6.30. The summed E-state index contributed by atoms with van der Waals surface area (Å²) in [5.41, 5.74) is 7.46. The van der Waals surface area contributed by atoms with Crippen molar-refractivity contribution in [3.05, 3.63) is 103 Å². The first-order valence-corrected chi connectivity index (χ1v) is 12.5. The predicted molar refractivity (Wildman–Crippen MR) is 150 cm³/mol. The van der Waals surface area contributed by atoms with Crippen LogP contribution in [0.3, 0.4) is 0 Å². The molecule has 0 N–H and O–H groups in total. The van der Waals surface area contributed by atoms with Crippen LogP contribution in [-0.2, 0) is 9.31 Å². The highest BCUT2D eigenvalue weighted by Gasteiger charge is 2.51. The van der Waals surface area contributed by atoms with Crippen molar-refractivity contribution in [2.75, 3.05) is 0 Å². The maximum atomic E-state index is 6.30. The summed E-state index contributed by atoms with van der Waals surface area (Å²) in [6.45, 7) is 12.4. The summed E-state index contributed by atoms with van der Waals surface area (Å²) in [5.74, 6) is 0. The van der Waals surface area contributed by atoms with Crippen LogP contribution in [0, 0.1) is 0 Å². The highest BCUT2D eigenvalue weighted by Crippen LogP contribution is 2.37. The summed E-state index contributed by atoms with van der Waals surface area (Å²) >= 11 is 0. The molecule has 3 heteroatoms. The Morgan fingerprint density at radius 2 is 0.857 bits per heavy atom. The van der Waals surface area contributed by atoms with Gasteiger partial charge in [0.25, 0.3) is 0 Å². The molecule has 1 saturated heterocycles. The van der Waals surface area contributed by atoms with Crippen molar-refractivity contribution in [2.24, 2.45) is 0 Å². The second kappa shape index (κ2) is 10.2. The Morgan fingerprint density at radius 3 is 1.31 bits per heavy atom. The van der Waals surface area contributed by atoms with Crippen LogP contribution in [0.1, 0.15) is 41.5 Å². The van der Waals surface area contributed by atoms with Gasteiger partial charge in [0.15, 0.2) is 0 Å². The zero-order valence-corrected chi connectivity index (χ0v) is 21.7. The van der Waals surface area contributed by atoms with Gasteiger partial charge < -0.3 is 9.31 Å². The Hall–Kier alpha value is -3.14. The Morgan fingerprint density at radius 1 is 0.457 bits per heavy atom. The smallest absolute Gasteiger partial charge is 0.399 e. The molecule has 0 bridgehead atoms. The van der Waals surface area contributed by atoms with E-state index in [0.717, 1.165) is 11.0 Å². The van der Waals surface area contributed by atoms with Crippen LogP contribution in [0.5, 0.6) is 0 Å². The van der Waals surface area contributed by atoms with E-state index in [2.05, 4.69) is 131 Å². The molecule has 2 nitrogen and oxygen atoms in total. The minimum Gasteiger partial charge on any atom is -0.399 e. The standard InChI is InChI=1S/C30H29BO2.C2H6/c1-29(2)30(3,4)33-31(32-29)28-17-11-16-24(21-28)27-19-25(22-12-7-5-8-13-22)18-26(20-27)23-14-9-6-10-15-23;1-2/h5-21H,1-4H3;1-2H3. The predicted octanol–water partition coefficient (Wildman–Crippen LogP) is 8.01. The maximum Gasteiger partial charge on any atom is 0.494 e. The van der Waals surface area contributed by atoms with Crippen molar-refractivity contribution in [1.29, 1.82) is 0 Å². The van der Waals surface area contributed by atoms with Crippen LogP contribution in [0.4, 0.5) is 0 Å². The summed E-state index contributed by atoms with van der Waals surface area (Å²) < 4.78 is 12.6. The summed E-state index contributed by atoms with van der Waals surface area (Å²) in [4.78, 5) is 0. The number of hydrogen-bond acceptors (Lipinski definition) is 2. The van der Waals surface area contributed by atoms with Gasteiger partial charge in [-0.3, -0.25) is 0 Å². The monoisotopic (exact) mass is 462 g/mol. The molecule has 0 saturated carbocycles. The quantitative estimate of drug-likeness (QED) is 0.286. The molecule has 0 radical (unpaired) electrons. The minimum absolute atomic E-state index is 0.360. The van der Waals surface area contributed by atoms with Crippen molar-refractivity contribution < 1.29 is 9.31 Å². The lowest BCUT2D eigenvalue weighted by atomic mass is 9.78. The molecule has 4 aromatic rings. The fourth-order valence-corrected chi connectivity index (χ4v) is 4.23. The van der Waals surface area contributed by atoms with Crippen molar-refractivity contribution in [3.63, 3.8) is 0 Å². The molecule has 0 aromatic heterocycles. The second-order valence-corrected chi connectivity index (χ2v) is 9.74. The van der Waals surface area contributed by atoms with Crippen LogP contribution < -0.4 is 5.46 Å². The lowest BCUT2D eigenvalue weighted by Gasteiger charge is -2.32. The zero-order valence-electron chi connectivity index (χ0n) is 21.7. The SMILES string of the molecule is CC.CC1(C)OB(c2cccc(-c3cc(-c4ccccc4)cc(-c4ccccc4)c3)c2)OC1(C)C. The van der Waals surface area contributed by atoms with E-state index in [-0.39, 0.29) is 18.3 Å². The van der Waals surface area contributed by atoms with Gasteiger partial charge in [0.05, 0.1) is 11.2 Å².